The van der Waals surface area contributed by atoms with Crippen molar-refractivity contribution in [2.24, 2.45) is 5.92 Å². The molecule has 2 bridgehead atoms. The monoisotopic (exact) mass is 482 g/mol. The van der Waals surface area contributed by atoms with E-state index in [4.69, 9.17) is 0 Å². The minimum Gasteiger partial charge on any atom is -0.366 e. The van der Waals surface area contributed by atoms with Crippen LogP contribution in [0.5, 0.6) is 0 Å². The van der Waals surface area contributed by atoms with Crippen molar-refractivity contribution in [3.8, 4) is 11.3 Å². The molecule has 7 nitrogen and oxygen atoms in total. The van der Waals surface area contributed by atoms with Crippen LogP contribution in [0.25, 0.3) is 11.3 Å². The molecule has 10 heteroatoms. The second-order valence-corrected chi connectivity index (χ2v) is 9.46. The molecular weight excluding hydrogens is 457 g/mol. The van der Waals surface area contributed by atoms with Gasteiger partial charge in [-0.1, -0.05) is 6.07 Å². The van der Waals surface area contributed by atoms with E-state index in [9.17, 15) is 18.0 Å². The van der Waals surface area contributed by atoms with Crippen LogP contribution in [-0.4, -0.2) is 49.4 Å². The predicted molar refractivity (Wildman–Crippen MR) is 124 cm³/mol. The van der Waals surface area contributed by atoms with Crippen LogP contribution in [0.4, 0.5) is 19.0 Å². The van der Waals surface area contributed by atoms with E-state index >= 15 is 0 Å². The summed E-state index contributed by atoms with van der Waals surface area (Å²) in [6, 6.07) is 5.74. The minimum absolute atomic E-state index is 0.160. The summed E-state index contributed by atoms with van der Waals surface area (Å²) in [5.74, 6) is 0.464. The number of nitrogens with one attached hydrogen (secondary N) is 1. The molecule has 1 amide bonds. The Bertz CT molecular complexity index is 1260. The molecule has 3 aromatic rings. The number of piperidine rings is 1. The maximum absolute atomic E-state index is 13.9. The number of hydrogen-bond donors (Lipinski definition) is 1. The van der Waals surface area contributed by atoms with E-state index in [-0.39, 0.29) is 11.7 Å². The second-order valence-electron chi connectivity index (χ2n) is 9.46. The summed E-state index contributed by atoms with van der Waals surface area (Å²) in [4.78, 5) is 32.1. The molecule has 4 heterocycles. The maximum atomic E-state index is 13.9. The third-order valence-corrected chi connectivity index (χ3v) is 6.98. The van der Waals surface area contributed by atoms with Crippen molar-refractivity contribution in [1.29, 1.82) is 0 Å². The number of nitrogens with zero attached hydrogens (tertiary/aromatic N) is 5. The van der Waals surface area contributed by atoms with E-state index in [0.717, 1.165) is 42.3 Å². The van der Waals surface area contributed by atoms with Gasteiger partial charge in [-0.15, -0.1) is 0 Å². The van der Waals surface area contributed by atoms with Crippen molar-refractivity contribution in [3.05, 3.63) is 65.5 Å². The van der Waals surface area contributed by atoms with Crippen LogP contribution in [0, 0.1) is 19.8 Å². The normalized spacial score (nSPS) is 21.4. The van der Waals surface area contributed by atoms with Gasteiger partial charge in [0.05, 0.1) is 23.6 Å². The molecule has 0 aromatic carbocycles. The number of aromatic nitrogens is 4. The fourth-order valence-electron chi connectivity index (χ4n) is 5.26. The number of halogens is 3. The molecule has 1 aliphatic carbocycles. The van der Waals surface area contributed by atoms with E-state index in [1.54, 1.807) is 12.4 Å². The zero-order valence-corrected chi connectivity index (χ0v) is 19.4. The van der Waals surface area contributed by atoms with E-state index in [2.05, 4.69) is 25.3 Å². The summed E-state index contributed by atoms with van der Waals surface area (Å²) in [6.07, 6.45) is 3.26. The van der Waals surface area contributed by atoms with Crippen molar-refractivity contribution in [3.63, 3.8) is 0 Å². The first-order valence-corrected chi connectivity index (χ1v) is 11.5. The predicted octanol–water partition coefficient (Wildman–Crippen LogP) is 4.68. The molecule has 2 atom stereocenters. The lowest BCUT2D eigenvalue weighted by Gasteiger charge is -2.39. The zero-order chi connectivity index (χ0) is 24.8. The van der Waals surface area contributed by atoms with Gasteiger partial charge in [-0.3, -0.25) is 14.8 Å². The van der Waals surface area contributed by atoms with Gasteiger partial charge in [0.15, 0.2) is 5.69 Å². The minimum atomic E-state index is -4.54. The van der Waals surface area contributed by atoms with Crippen LogP contribution >= 0.6 is 0 Å². The quantitative estimate of drug-likeness (QED) is 0.569. The fourth-order valence-corrected chi connectivity index (χ4v) is 5.26. The van der Waals surface area contributed by atoms with Crippen LogP contribution in [0.3, 0.4) is 0 Å². The molecule has 3 aromatic heterocycles. The highest BCUT2D eigenvalue weighted by atomic mass is 19.4. The maximum Gasteiger partial charge on any atom is 0.434 e. The van der Waals surface area contributed by atoms with Crippen molar-refractivity contribution in [2.45, 2.75) is 44.8 Å². The Labute approximate surface area is 200 Å². The first-order valence-electron chi connectivity index (χ1n) is 11.5. The second kappa shape index (κ2) is 8.58. The van der Waals surface area contributed by atoms with Gasteiger partial charge in [0.25, 0.3) is 5.91 Å². The average Bonchev–Trinajstić information content (AvgIpc) is 3.41. The molecular formula is C25H25F3N6O. The smallest absolute Gasteiger partial charge is 0.366 e. The number of carbonyl (C=O) groups excluding carboxylic acids is 1. The topological polar surface area (TPSA) is 83.9 Å². The Hall–Kier alpha value is -3.56. The third kappa shape index (κ3) is 4.33. The van der Waals surface area contributed by atoms with Crippen molar-refractivity contribution >= 4 is 11.7 Å². The SMILES string of the molecule is Cc1cnc(C(=O)N2CC3CCC2(CNc2cnc(C(F)(F)F)cn2)C3)c(-c2ncccc2C)c1. The number of amides is 1. The first-order chi connectivity index (χ1) is 16.7. The lowest BCUT2D eigenvalue weighted by Crippen LogP contribution is -2.52. The van der Waals surface area contributed by atoms with Crippen LogP contribution in [0.1, 0.15) is 46.6 Å². The van der Waals surface area contributed by atoms with Crippen LogP contribution in [-0.2, 0) is 6.18 Å². The molecule has 1 saturated carbocycles. The zero-order valence-electron chi connectivity index (χ0n) is 19.4. The number of pyridine rings is 2. The van der Waals surface area contributed by atoms with Gasteiger partial charge >= 0.3 is 6.18 Å². The highest BCUT2D eigenvalue weighted by Gasteiger charge is 2.53. The van der Waals surface area contributed by atoms with Gasteiger partial charge in [-0.25, -0.2) is 9.97 Å². The number of aryl methyl sites for hydroxylation is 2. The number of alkyl halides is 3. The third-order valence-electron chi connectivity index (χ3n) is 6.98. The van der Waals surface area contributed by atoms with Crippen molar-refractivity contribution < 1.29 is 18.0 Å². The molecule has 1 saturated heterocycles. The Morgan fingerprint density at radius 2 is 2.00 bits per heavy atom. The van der Waals surface area contributed by atoms with Gasteiger partial charge in [-0.2, -0.15) is 13.2 Å². The highest BCUT2D eigenvalue weighted by Crippen LogP contribution is 2.47. The average molecular weight is 483 g/mol. The largest absolute Gasteiger partial charge is 0.434 e. The summed E-state index contributed by atoms with van der Waals surface area (Å²) in [6.45, 7) is 4.87. The molecule has 2 aliphatic rings. The summed E-state index contributed by atoms with van der Waals surface area (Å²) in [7, 11) is 0. The van der Waals surface area contributed by atoms with Crippen LogP contribution in [0.2, 0.25) is 0 Å². The van der Waals surface area contributed by atoms with E-state index < -0.39 is 17.4 Å². The number of hydrogen-bond acceptors (Lipinski definition) is 6. The molecule has 182 valence electrons. The first kappa shape index (κ1) is 23.2. The molecule has 5 rings (SSSR count). The van der Waals surface area contributed by atoms with Gasteiger partial charge in [0.2, 0.25) is 0 Å². The summed E-state index contributed by atoms with van der Waals surface area (Å²) >= 11 is 0. The standard InChI is InChI=1S/C25H25F3N6O/c1-15-8-18(21-16(2)4-3-7-29-21)22(32-10-15)23(35)34-13-17-5-6-24(34,9-17)14-33-20-12-30-19(11-31-20)25(26,27)28/h3-4,7-8,10-12,17H,5-6,9,13-14H2,1-2H3,(H,31,33). The Morgan fingerprint density at radius 3 is 2.69 bits per heavy atom. The number of anilines is 1. The number of fused-ring (bicyclic) bond motifs is 2. The molecule has 1 N–H and O–H groups in total. The molecule has 35 heavy (non-hydrogen) atoms. The van der Waals surface area contributed by atoms with Crippen LogP contribution in [0.15, 0.2) is 43.0 Å². The van der Waals surface area contributed by atoms with Gasteiger partial charge < -0.3 is 10.2 Å². The highest BCUT2D eigenvalue weighted by molar-refractivity contribution is 5.99. The lowest BCUT2D eigenvalue weighted by atomic mass is 9.95. The summed E-state index contributed by atoms with van der Waals surface area (Å²) in [5.41, 5.74) is 2.17. The summed E-state index contributed by atoms with van der Waals surface area (Å²) < 4.78 is 38.4. The lowest BCUT2D eigenvalue weighted by molar-refractivity contribution is -0.141. The van der Waals surface area contributed by atoms with E-state index in [0.29, 0.717) is 36.5 Å². The Balaban J connectivity index is 1.41. The van der Waals surface area contributed by atoms with E-state index in [1.165, 1.54) is 0 Å². The number of likely N-dealkylation sites (tertiary alicyclic amines) is 1. The van der Waals surface area contributed by atoms with Gasteiger partial charge in [-0.05, 0) is 62.3 Å². The van der Waals surface area contributed by atoms with Gasteiger partial charge in [0, 0.05) is 31.0 Å². The van der Waals surface area contributed by atoms with E-state index in [1.807, 2.05) is 36.9 Å². The Kier molecular flexibility index (Phi) is 5.69. The molecule has 0 spiro atoms. The van der Waals surface area contributed by atoms with Crippen LogP contribution < -0.4 is 5.32 Å². The van der Waals surface area contributed by atoms with Gasteiger partial charge in [0.1, 0.15) is 11.5 Å². The van der Waals surface area contributed by atoms with Crippen molar-refractivity contribution in [2.75, 3.05) is 18.4 Å². The number of carbonyl (C=O) groups is 1. The number of rotatable bonds is 5. The molecule has 0 radical (unpaired) electrons. The molecule has 2 unspecified atom stereocenters. The molecule has 2 fully saturated rings. The van der Waals surface area contributed by atoms with Crippen molar-refractivity contribution in [1.82, 2.24) is 24.8 Å². The summed E-state index contributed by atoms with van der Waals surface area (Å²) in [5, 5.41) is 3.12. The molecule has 1 aliphatic heterocycles. The fraction of sp³-hybridized carbons (Fsp3) is 0.400. The Morgan fingerprint density at radius 1 is 1.17 bits per heavy atom.